The Balaban J connectivity index is 2.35. The van der Waals surface area contributed by atoms with Crippen LogP contribution in [0, 0.1) is 0 Å². The SMILES string of the molecule is CC1=NC2C=CC=CC2(I)O1. The van der Waals surface area contributed by atoms with Crippen molar-refractivity contribution in [2.75, 3.05) is 0 Å². The Kier molecular flexibility index (Phi) is 1.56. The first-order valence-electron chi connectivity index (χ1n) is 3.49. The molecule has 0 bridgehead atoms. The Labute approximate surface area is 79.2 Å². The van der Waals surface area contributed by atoms with Gasteiger partial charge in [0.25, 0.3) is 0 Å². The van der Waals surface area contributed by atoms with Gasteiger partial charge < -0.3 is 4.74 Å². The number of alkyl halides is 1. The van der Waals surface area contributed by atoms with Crippen LogP contribution in [0.1, 0.15) is 6.92 Å². The normalized spacial score (nSPS) is 39.8. The molecule has 58 valence electrons. The summed E-state index contributed by atoms with van der Waals surface area (Å²) in [6.45, 7) is 1.89. The lowest BCUT2D eigenvalue weighted by molar-refractivity contribution is 0.235. The molecule has 11 heavy (non-hydrogen) atoms. The Hall–Kier alpha value is -0.320. The van der Waals surface area contributed by atoms with Crippen molar-refractivity contribution < 1.29 is 4.74 Å². The van der Waals surface area contributed by atoms with Crippen molar-refractivity contribution in [3.63, 3.8) is 0 Å². The van der Waals surface area contributed by atoms with E-state index in [4.69, 9.17) is 4.74 Å². The van der Waals surface area contributed by atoms with Gasteiger partial charge in [0.15, 0.2) is 5.90 Å². The van der Waals surface area contributed by atoms with Gasteiger partial charge in [0.1, 0.15) is 6.04 Å². The van der Waals surface area contributed by atoms with E-state index in [9.17, 15) is 0 Å². The largest absolute Gasteiger partial charge is 0.458 e. The molecule has 0 N–H and O–H groups in total. The fraction of sp³-hybridized carbons (Fsp3) is 0.375. The van der Waals surface area contributed by atoms with Crippen LogP contribution >= 0.6 is 22.6 Å². The molecule has 0 radical (unpaired) electrons. The standard InChI is InChI=1S/C8H8INO/c1-6-10-7-4-2-3-5-8(7,9)11-6/h2-5,7H,1H3. The highest BCUT2D eigenvalue weighted by Crippen LogP contribution is 2.36. The number of hydrogen-bond donors (Lipinski definition) is 0. The summed E-state index contributed by atoms with van der Waals surface area (Å²) in [6.07, 6.45) is 8.10. The highest BCUT2D eigenvalue weighted by molar-refractivity contribution is 14.1. The fourth-order valence-electron chi connectivity index (χ4n) is 1.26. The molecule has 1 aliphatic heterocycles. The van der Waals surface area contributed by atoms with Gasteiger partial charge in [-0.25, -0.2) is 4.99 Å². The molecule has 2 rings (SSSR count). The molecule has 0 fully saturated rings. The molecule has 2 aliphatic rings. The van der Waals surface area contributed by atoms with E-state index in [1.54, 1.807) is 0 Å². The van der Waals surface area contributed by atoms with Gasteiger partial charge in [0.05, 0.1) is 0 Å². The minimum Gasteiger partial charge on any atom is -0.458 e. The minimum atomic E-state index is -0.239. The quantitative estimate of drug-likeness (QED) is 0.483. The van der Waals surface area contributed by atoms with Crippen molar-refractivity contribution in [3.05, 3.63) is 24.3 Å². The van der Waals surface area contributed by atoms with Crippen LogP contribution < -0.4 is 0 Å². The predicted molar refractivity (Wildman–Crippen MR) is 53.0 cm³/mol. The van der Waals surface area contributed by atoms with Gasteiger partial charge in [0.2, 0.25) is 3.61 Å². The zero-order valence-corrected chi connectivity index (χ0v) is 8.28. The summed E-state index contributed by atoms with van der Waals surface area (Å²) >= 11 is 2.28. The summed E-state index contributed by atoms with van der Waals surface area (Å²) in [6, 6.07) is 0.174. The van der Waals surface area contributed by atoms with E-state index < -0.39 is 0 Å². The average molecular weight is 261 g/mol. The lowest BCUT2D eigenvalue weighted by Crippen LogP contribution is -2.30. The van der Waals surface area contributed by atoms with Crippen molar-refractivity contribution >= 4 is 28.5 Å². The Morgan fingerprint density at radius 1 is 1.64 bits per heavy atom. The number of ether oxygens (including phenoxy) is 1. The number of allylic oxidation sites excluding steroid dienone is 2. The number of halogens is 1. The number of nitrogens with zero attached hydrogens (tertiary/aromatic N) is 1. The second kappa shape index (κ2) is 2.33. The summed E-state index contributed by atoms with van der Waals surface area (Å²) in [5.74, 6) is 0.778. The molecule has 2 nitrogen and oxygen atoms in total. The van der Waals surface area contributed by atoms with Gasteiger partial charge >= 0.3 is 0 Å². The third-order valence-electron chi connectivity index (χ3n) is 1.76. The summed E-state index contributed by atoms with van der Waals surface area (Å²) in [5.41, 5.74) is 0. The maximum absolute atomic E-state index is 5.55. The fourth-order valence-corrected chi connectivity index (χ4v) is 2.13. The second-order valence-electron chi connectivity index (χ2n) is 2.64. The molecular weight excluding hydrogens is 253 g/mol. The van der Waals surface area contributed by atoms with Crippen LogP contribution in [0.25, 0.3) is 0 Å². The van der Waals surface area contributed by atoms with E-state index in [2.05, 4.69) is 33.7 Å². The number of rotatable bonds is 0. The van der Waals surface area contributed by atoms with Crippen LogP contribution in [0.4, 0.5) is 0 Å². The van der Waals surface area contributed by atoms with Gasteiger partial charge in [-0.2, -0.15) is 0 Å². The topological polar surface area (TPSA) is 21.6 Å². The first-order chi connectivity index (χ1) is 5.21. The molecule has 1 aliphatic carbocycles. The smallest absolute Gasteiger partial charge is 0.204 e. The molecule has 3 heteroatoms. The minimum absolute atomic E-state index is 0.174. The van der Waals surface area contributed by atoms with Gasteiger partial charge in [-0.3, -0.25) is 0 Å². The van der Waals surface area contributed by atoms with Crippen LogP contribution in [0.2, 0.25) is 0 Å². The average Bonchev–Trinajstić information content (AvgIpc) is 2.22. The number of fused-ring (bicyclic) bond motifs is 1. The predicted octanol–water partition coefficient (Wildman–Crippen LogP) is 2.06. The van der Waals surface area contributed by atoms with E-state index in [-0.39, 0.29) is 9.65 Å². The maximum Gasteiger partial charge on any atom is 0.204 e. The maximum atomic E-state index is 5.55. The summed E-state index contributed by atoms with van der Waals surface area (Å²) in [4.78, 5) is 4.33. The first kappa shape index (κ1) is 7.34. The zero-order chi connectivity index (χ0) is 7.90. The summed E-state index contributed by atoms with van der Waals surface area (Å²) in [7, 11) is 0. The highest BCUT2D eigenvalue weighted by atomic mass is 127. The second-order valence-corrected chi connectivity index (χ2v) is 4.32. The molecule has 0 amide bonds. The molecule has 0 spiro atoms. The summed E-state index contributed by atoms with van der Waals surface area (Å²) < 4.78 is 5.31. The third kappa shape index (κ3) is 1.11. The van der Waals surface area contributed by atoms with Crippen LogP contribution in [0.5, 0.6) is 0 Å². The molecule has 0 aromatic heterocycles. The van der Waals surface area contributed by atoms with Crippen molar-refractivity contribution in [3.8, 4) is 0 Å². The zero-order valence-electron chi connectivity index (χ0n) is 6.12. The summed E-state index contributed by atoms with van der Waals surface area (Å²) in [5, 5.41) is 0. The van der Waals surface area contributed by atoms with Crippen molar-refractivity contribution in [2.24, 2.45) is 4.99 Å². The van der Waals surface area contributed by atoms with Crippen molar-refractivity contribution in [1.82, 2.24) is 0 Å². The number of aliphatic imine (C=N–C) groups is 1. The molecule has 0 saturated heterocycles. The van der Waals surface area contributed by atoms with E-state index in [1.165, 1.54) is 0 Å². The van der Waals surface area contributed by atoms with E-state index >= 15 is 0 Å². The molecule has 0 aromatic rings. The van der Waals surface area contributed by atoms with Crippen LogP contribution in [0.15, 0.2) is 29.3 Å². The van der Waals surface area contributed by atoms with E-state index in [0.717, 1.165) is 5.90 Å². The first-order valence-corrected chi connectivity index (χ1v) is 4.57. The molecule has 0 aromatic carbocycles. The lowest BCUT2D eigenvalue weighted by atomic mass is 10.1. The van der Waals surface area contributed by atoms with Crippen molar-refractivity contribution in [2.45, 2.75) is 16.6 Å². The van der Waals surface area contributed by atoms with Gasteiger partial charge in [-0.15, -0.1) is 0 Å². The van der Waals surface area contributed by atoms with Crippen LogP contribution in [0.3, 0.4) is 0 Å². The van der Waals surface area contributed by atoms with Gasteiger partial charge in [0, 0.05) is 6.92 Å². The van der Waals surface area contributed by atoms with Gasteiger partial charge in [-0.05, 0) is 28.7 Å². The Morgan fingerprint density at radius 2 is 2.45 bits per heavy atom. The molecule has 1 heterocycles. The lowest BCUT2D eigenvalue weighted by Gasteiger charge is -2.23. The van der Waals surface area contributed by atoms with Gasteiger partial charge in [-0.1, -0.05) is 18.2 Å². The van der Waals surface area contributed by atoms with Crippen LogP contribution in [-0.2, 0) is 4.74 Å². The molecule has 2 atom stereocenters. The van der Waals surface area contributed by atoms with Crippen molar-refractivity contribution in [1.29, 1.82) is 0 Å². The Bertz CT molecular complexity index is 269. The highest BCUT2D eigenvalue weighted by Gasteiger charge is 2.40. The third-order valence-corrected chi connectivity index (χ3v) is 2.97. The molecular formula is C8H8INO. The van der Waals surface area contributed by atoms with E-state index in [1.807, 2.05) is 25.2 Å². The van der Waals surface area contributed by atoms with E-state index in [0.29, 0.717) is 0 Å². The van der Waals surface area contributed by atoms with Crippen LogP contribution in [-0.4, -0.2) is 15.5 Å². The molecule has 2 unspecified atom stereocenters. The Morgan fingerprint density at radius 3 is 3.18 bits per heavy atom. The monoisotopic (exact) mass is 261 g/mol. The number of hydrogen-bond acceptors (Lipinski definition) is 2. The molecule has 0 saturated carbocycles.